The molecular formula is C14H9BrFNO4. The van der Waals surface area contributed by atoms with Gasteiger partial charge in [0.15, 0.2) is 12.4 Å². The van der Waals surface area contributed by atoms with Crippen LogP contribution in [0.5, 0.6) is 5.75 Å². The fourth-order valence-corrected chi connectivity index (χ4v) is 2.02. The highest BCUT2D eigenvalue weighted by molar-refractivity contribution is 9.10. The maximum atomic E-state index is 13.4. The van der Waals surface area contributed by atoms with Crippen LogP contribution in [0, 0.1) is 15.9 Å². The van der Waals surface area contributed by atoms with E-state index in [4.69, 9.17) is 4.74 Å². The van der Waals surface area contributed by atoms with Crippen LogP contribution in [0.15, 0.2) is 46.9 Å². The SMILES string of the molecule is O=C(COc1ccc([N+](=O)[O-])c(F)c1)c1cccc(Br)c1. The monoisotopic (exact) mass is 353 g/mol. The number of nitrogens with zero attached hydrogens (tertiary/aromatic N) is 1. The van der Waals surface area contributed by atoms with Gasteiger partial charge in [0.1, 0.15) is 5.75 Å². The molecule has 0 atom stereocenters. The molecule has 0 aliphatic rings. The van der Waals surface area contributed by atoms with Crippen molar-refractivity contribution < 1.29 is 18.8 Å². The van der Waals surface area contributed by atoms with E-state index in [1.165, 1.54) is 6.07 Å². The van der Waals surface area contributed by atoms with E-state index < -0.39 is 16.4 Å². The molecule has 0 saturated carbocycles. The van der Waals surface area contributed by atoms with Gasteiger partial charge < -0.3 is 4.74 Å². The van der Waals surface area contributed by atoms with Crippen molar-refractivity contribution in [1.82, 2.24) is 0 Å². The van der Waals surface area contributed by atoms with Crippen LogP contribution in [0.4, 0.5) is 10.1 Å². The lowest BCUT2D eigenvalue weighted by molar-refractivity contribution is -0.387. The zero-order valence-electron chi connectivity index (χ0n) is 10.6. The van der Waals surface area contributed by atoms with Crippen LogP contribution in [-0.2, 0) is 0 Å². The number of hydrogen-bond donors (Lipinski definition) is 0. The summed E-state index contributed by atoms with van der Waals surface area (Å²) in [5.41, 5.74) is -0.188. The molecule has 0 N–H and O–H groups in total. The summed E-state index contributed by atoms with van der Waals surface area (Å²) in [6.45, 7) is -0.284. The smallest absolute Gasteiger partial charge is 0.305 e. The Labute approximate surface area is 127 Å². The third kappa shape index (κ3) is 3.85. The first kappa shape index (κ1) is 15.1. The number of benzene rings is 2. The highest BCUT2D eigenvalue weighted by Crippen LogP contribution is 2.22. The maximum Gasteiger partial charge on any atom is 0.305 e. The van der Waals surface area contributed by atoms with Gasteiger partial charge in [0.25, 0.3) is 0 Å². The van der Waals surface area contributed by atoms with Gasteiger partial charge in [0.2, 0.25) is 5.82 Å². The number of carbonyl (C=O) groups is 1. The molecule has 2 aromatic rings. The largest absolute Gasteiger partial charge is 0.485 e. The summed E-state index contributed by atoms with van der Waals surface area (Å²) in [4.78, 5) is 21.5. The number of ether oxygens (including phenoxy) is 1. The Kier molecular flexibility index (Phi) is 4.64. The Balaban J connectivity index is 2.05. The lowest BCUT2D eigenvalue weighted by Crippen LogP contribution is -2.11. The van der Waals surface area contributed by atoms with Gasteiger partial charge in [0.05, 0.1) is 4.92 Å². The number of nitro groups is 1. The molecule has 0 heterocycles. The quantitative estimate of drug-likeness (QED) is 0.466. The van der Waals surface area contributed by atoms with Crippen molar-refractivity contribution in [1.29, 1.82) is 0 Å². The second-order valence-electron chi connectivity index (χ2n) is 4.09. The van der Waals surface area contributed by atoms with Crippen LogP contribution in [0.3, 0.4) is 0 Å². The molecule has 0 aromatic heterocycles. The molecule has 21 heavy (non-hydrogen) atoms. The Morgan fingerprint density at radius 1 is 1.29 bits per heavy atom. The average Bonchev–Trinajstić information content (AvgIpc) is 2.44. The summed E-state index contributed by atoms with van der Waals surface area (Å²) in [6, 6.07) is 9.89. The summed E-state index contributed by atoms with van der Waals surface area (Å²) in [6.07, 6.45) is 0. The third-order valence-corrected chi connectivity index (χ3v) is 3.13. The van der Waals surface area contributed by atoms with Crippen molar-refractivity contribution in [2.75, 3.05) is 6.61 Å². The highest BCUT2D eigenvalue weighted by Gasteiger charge is 2.15. The van der Waals surface area contributed by atoms with Crippen LogP contribution in [0.1, 0.15) is 10.4 Å². The minimum Gasteiger partial charge on any atom is -0.485 e. The average molecular weight is 354 g/mol. The number of Topliss-reactive ketones (excluding diaryl/α,β-unsaturated/α-hetero) is 1. The van der Waals surface area contributed by atoms with Crippen molar-refractivity contribution in [3.63, 3.8) is 0 Å². The Hall–Kier alpha value is -2.28. The summed E-state index contributed by atoms with van der Waals surface area (Å²) >= 11 is 3.25. The predicted molar refractivity (Wildman–Crippen MR) is 77.0 cm³/mol. The van der Waals surface area contributed by atoms with Gasteiger partial charge in [-0.25, -0.2) is 0 Å². The van der Waals surface area contributed by atoms with Gasteiger partial charge in [-0.05, 0) is 18.2 Å². The van der Waals surface area contributed by atoms with Gasteiger partial charge in [-0.3, -0.25) is 14.9 Å². The fraction of sp³-hybridized carbons (Fsp3) is 0.0714. The molecule has 0 amide bonds. The van der Waals surface area contributed by atoms with Gasteiger partial charge in [-0.1, -0.05) is 28.1 Å². The van der Waals surface area contributed by atoms with Gasteiger partial charge in [0, 0.05) is 22.2 Å². The number of carbonyl (C=O) groups excluding carboxylic acids is 1. The van der Waals surface area contributed by atoms with E-state index in [1.54, 1.807) is 24.3 Å². The summed E-state index contributed by atoms with van der Waals surface area (Å²) < 4.78 is 19.3. The summed E-state index contributed by atoms with van der Waals surface area (Å²) in [5.74, 6) is -1.23. The van der Waals surface area contributed by atoms with Gasteiger partial charge in [-0.2, -0.15) is 4.39 Å². The second kappa shape index (κ2) is 6.45. The lowest BCUT2D eigenvalue weighted by Gasteiger charge is -2.06. The van der Waals surface area contributed by atoms with Crippen molar-refractivity contribution in [2.45, 2.75) is 0 Å². The standard InChI is InChI=1S/C14H9BrFNO4/c15-10-3-1-2-9(6-10)14(18)8-21-11-4-5-13(17(19)20)12(16)7-11/h1-7H,8H2. The van der Waals surface area contributed by atoms with Crippen LogP contribution < -0.4 is 4.74 Å². The number of ketones is 1. The first-order valence-corrected chi connectivity index (χ1v) is 6.62. The molecule has 0 unspecified atom stereocenters. The molecule has 0 fully saturated rings. The zero-order chi connectivity index (χ0) is 15.4. The van der Waals surface area contributed by atoms with E-state index in [1.807, 2.05) is 0 Å². The van der Waals surface area contributed by atoms with Crippen LogP contribution in [-0.4, -0.2) is 17.3 Å². The number of nitro benzene ring substituents is 1. The first-order chi connectivity index (χ1) is 9.97. The summed E-state index contributed by atoms with van der Waals surface area (Å²) in [5, 5.41) is 10.5. The molecule has 108 valence electrons. The molecule has 0 bridgehead atoms. The van der Waals surface area contributed by atoms with E-state index in [2.05, 4.69) is 15.9 Å². The minimum atomic E-state index is -1.01. The Bertz CT molecular complexity index is 705. The third-order valence-electron chi connectivity index (χ3n) is 2.63. The van der Waals surface area contributed by atoms with Crippen LogP contribution >= 0.6 is 15.9 Å². The van der Waals surface area contributed by atoms with Crippen LogP contribution in [0.2, 0.25) is 0 Å². The van der Waals surface area contributed by atoms with E-state index in [0.29, 0.717) is 5.56 Å². The normalized spacial score (nSPS) is 10.2. The van der Waals surface area contributed by atoms with Crippen molar-refractivity contribution in [3.8, 4) is 5.75 Å². The molecule has 0 aliphatic carbocycles. The molecular weight excluding hydrogens is 345 g/mol. The van der Waals surface area contributed by atoms with E-state index >= 15 is 0 Å². The van der Waals surface area contributed by atoms with E-state index in [-0.39, 0.29) is 18.1 Å². The number of hydrogen-bond acceptors (Lipinski definition) is 4. The van der Waals surface area contributed by atoms with Crippen molar-refractivity contribution in [2.24, 2.45) is 0 Å². The lowest BCUT2D eigenvalue weighted by atomic mass is 10.1. The fourth-order valence-electron chi connectivity index (χ4n) is 1.62. The zero-order valence-corrected chi connectivity index (χ0v) is 12.2. The predicted octanol–water partition coefficient (Wildman–Crippen LogP) is 3.76. The van der Waals surface area contributed by atoms with Gasteiger partial charge in [-0.15, -0.1) is 0 Å². The van der Waals surface area contributed by atoms with E-state index in [0.717, 1.165) is 16.6 Å². The Morgan fingerprint density at radius 3 is 2.67 bits per heavy atom. The molecule has 0 radical (unpaired) electrons. The van der Waals surface area contributed by atoms with Crippen LogP contribution in [0.25, 0.3) is 0 Å². The topological polar surface area (TPSA) is 69.4 Å². The molecule has 0 aliphatic heterocycles. The molecule has 2 rings (SSSR count). The molecule has 5 nitrogen and oxygen atoms in total. The van der Waals surface area contributed by atoms with Crippen molar-refractivity contribution in [3.05, 3.63) is 68.4 Å². The van der Waals surface area contributed by atoms with E-state index in [9.17, 15) is 19.3 Å². The summed E-state index contributed by atoms with van der Waals surface area (Å²) in [7, 11) is 0. The van der Waals surface area contributed by atoms with Gasteiger partial charge >= 0.3 is 5.69 Å². The molecule has 0 spiro atoms. The molecule has 0 saturated heterocycles. The maximum absolute atomic E-state index is 13.4. The van der Waals surface area contributed by atoms with Crippen molar-refractivity contribution >= 4 is 27.4 Å². The molecule has 2 aromatic carbocycles. The number of rotatable bonds is 5. The molecule has 7 heteroatoms. The minimum absolute atomic E-state index is 0.0569. The Morgan fingerprint density at radius 2 is 2.05 bits per heavy atom. The first-order valence-electron chi connectivity index (χ1n) is 5.83. The highest BCUT2D eigenvalue weighted by atomic mass is 79.9. The second-order valence-corrected chi connectivity index (χ2v) is 5.01. The number of halogens is 2.